The van der Waals surface area contributed by atoms with Crippen LogP contribution in [0.4, 0.5) is 0 Å². The van der Waals surface area contributed by atoms with Gasteiger partial charge in [-0.05, 0) is 91.8 Å². The number of aliphatic hydroxyl groups is 1. The normalized spacial score (nSPS) is 66.5. The lowest BCUT2D eigenvalue weighted by Crippen LogP contribution is -2.63. The molecule has 0 aromatic carbocycles. The summed E-state index contributed by atoms with van der Waals surface area (Å²) in [5.41, 5.74) is -1.04. The van der Waals surface area contributed by atoms with Crippen LogP contribution in [0.5, 0.6) is 0 Å². The highest BCUT2D eigenvalue weighted by atomic mass is 16.6. The van der Waals surface area contributed by atoms with Gasteiger partial charge in [-0.15, -0.1) is 0 Å². The van der Waals surface area contributed by atoms with Crippen LogP contribution in [0.25, 0.3) is 0 Å². The standard InChI is InChI=1S/C24H30O4/c1-12-3-6-21(2)15-4-7-24-20(19(15)13-9-16(13)22(21,27)11-12)14-10-17(14)23(24,28-24)8-5-18(25)26/h12-17,19-20,27H,3-4,6-7,9-11H2,1-2H3,(H,25,26)/t12-,13?,14+,15?,16+,17-,19?,20?,21+,22+,23-,24+/m0/s1. The topological polar surface area (TPSA) is 70.1 Å². The number of fused-ring (bicyclic) bond motifs is 10. The molecule has 2 N–H and O–H groups in total. The second-order valence-electron chi connectivity index (χ2n) is 11.7. The van der Waals surface area contributed by atoms with Gasteiger partial charge in [-0.25, -0.2) is 4.79 Å². The minimum Gasteiger partial charge on any atom is -0.472 e. The molecule has 12 atom stereocenters. The highest BCUT2D eigenvalue weighted by Crippen LogP contribution is 2.85. The van der Waals surface area contributed by atoms with Crippen LogP contribution in [0.2, 0.25) is 0 Å². The van der Waals surface area contributed by atoms with Gasteiger partial charge in [-0.1, -0.05) is 19.8 Å². The summed E-state index contributed by atoms with van der Waals surface area (Å²) in [6.07, 6.45) is 7.88. The average Bonchev–Trinajstić information content (AvgIpc) is 3.53. The van der Waals surface area contributed by atoms with Crippen molar-refractivity contribution >= 4 is 5.97 Å². The van der Waals surface area contributed by atoms with Crippen molar-refractivity contribution in [2.24, 2.45) is 52.8 Å². The summed E-state index contributed by atoms with van der Waals surface area (Å²) in [6.45, 7) is 4.73. The summed E-state index contributed by atoms with van der Waals surface area (Å²) in [7, 11) is 0. The second kappa shape index (κ2) is 4.49. The van der Waals surface area contributed by atoms with Crippen LogP contribution in [0.15, 0.2) is 0 Å². The Morgan fingerprint density at radius 2 is 1.89 bits per heavy atom. The van der Waals surface area contributed by atoms with Crippen molar-refractivity contribution in [1.82, 2.24) is 0 Å². The Kier molecular flexibility index (Phi) is 2.68. The fourth-order valence-corrected chi connectivity index (χ4v) is 9.78. The number of hydrogen-bond donors (Lipinski definition) is 2. The first-order valence-corrected chi connectivity index (χ1v) is 11.5. The average molecular weight is 383 g/mol. The summed E-state index contributed by atoms with van der Waals surface area (Å²) in [5.74, 6) is 9.19. The third-order valence-electron chi connectivity index (χ3n) is 10.9. The summed E-state index contributed by atoms with van der Waals surface area (Å²) < 4.78 is 6.46. The van der Waals surface area contributed by atoms with Crippen molar-refractivity contribution < 1.29 is 19.7 Å². The van der Waals surface area contributed by atoms with Gasteiger partial charge in [0.2, 0.25) is 0 Å². The zero-order valence-electron chi connectivity index (χ0n) is 16.8. The van der Waals surface area contributed by atoms with Crippen molar-refractivity contribution in [3.63, 3.8) is 0 Å². The van der Waals surface area contributed by atoms with E-state index >= 15 is 0 Å². The maximum atomic E-state index is 11.9. The lowest BCUT2D eigenvalue weighted by molar-refractivity contribution is -0.215. The number of ether oxygens (including phenoxy) is 1. The molecule has 1 heterocycles. The van der Waals surface area contributed by atoms with E-state index in [1.165, 1.54) is 19.3 Å². The number of epoxide rings is 1. The molecule has 4 nitrogen and oxygen atoms in total. The zero-order chi connectivity index (χ0) is 19.3. The minimum atomic E-state index is -1.04. The predicted octanol–water partition coefficient (Wildman–Crippen LogP) is 3.08. The molecule has 7 rings (SSSR count). The molecule has 0 amide bonds. The zero-order valence-corrected chi connectivity index (χ0v) is 16.8. The number of carbonyl (C=O) groups is 1. The maximum Gasteiger partial charge on any atom is 0.382 e. The first-order valence-electron chi connectivity index (χ1n) is 11.5. The molecule has 0 aromatic rings. The molecular formula is C24H30O4. The van der Waals surface area contributed by atoms with E-state index in [9.17, 15) is 9.90 Å². The lowest BCUT2D eigenvalue weighted by Gasteiger charge is -2.62. The molecule has 4 heteroatoms. The lowest BCUT2D eigenvalue weighted by atomic mass is 9.44. The Balaban J connectivity index is 1.29. The molecule has 28 heavy (non-hydrogen) atoms. The van der Waals surface area contributed by atoms with E-state index in [0.29, 0.717) is 47.3 Å². The predicted molar refractivity (Wildman–Crippen MR) is 101 cm³/mol. The van der Waals surface area contributed by atoms with E-state index < -0.39 is 17.2 Å². The fraction of sp³-hybridized carbons (Fsp3) is 0.875. The van der Waals surface area contributed by atoms with Crippen molar-refractivity contribution in [2.75, 3.05) is 0 Å². The SMILES string of the molecule is C[C@H]1CC[C@]2(C)C3CC[C@]45O[C@@]4(C#CC(=O)O)[C@H]4C[C@H]4C5C3C3C[C@H]3[C@]2(O)C1. The van der Waals surface area contributed by atoms with Gasteiger partial charge in [-0.3, -0.25) is 0 Å². The van der Waals surface area contributed by atoms with Crippen molar-refractivity contribution in [2.45, 2.75) is 75.6 Å². The Hall–Kier alpha value is -1.05. The third-order valence-corrected chi connectivity index (χ3v) is 10.9. The van der Waals surface area contributed by atoms with Crippen LogP contribution in [0.3, 0.4) is 0 Å². The highest BCUT2D eigenvalue weighted by Gasteiger charge is 2.91. The van der Waals surface area contributed by atoms with Gasteiger partial charge in [-0.2, -0.15) is 0 Å². The molecule has 7 aliphatic rings. The van der Waals surface area contributed by atoms with Gasteiger partial charge in [0, 0.05) is 11.8 Å². The van der Waals surface area contributed by atoms with Gasteiger partial charge in [0.05, 0.1) is 5.60 Å². The second-order valence-corrected chi connectivity index (χ2v) is 11.7. The van der Waals surface area contributed by atoms with E-state index in [1.807, 2.05) is 0 Å². The van der Waals surface area contributed by atoms with Crippen LogP contribution in [-0.4, -0.2) is 33.0 Å². The molecule has 6 aliphatic carbocycles. The van der Waals surface area contributed by atoms with E-state index in [2.05, 4.69) is 25.7 Å². The first-order chi connectivity index (χ1) is 13.3. The van der Waals surface area contributed by atoms with E-state index in [0.717, 1.165) is 25.7 Å². The Morgan fingerprint density at radius 3 is 2.68 bits per heavy atom. The van der Waals surface area contributed by atoms with E-state index in [4.69, 9.17) is 9.84 Å². The Bertz CT molecular complexity index is 872. The number of hydrogen-bond acceptors (Lipinski definition) is 3. The number of rotatable bonds is 0. The molecule has 1 aliphatic heterocycles. The molecule has 1 saturated heterocycles. The van der Waals surface area contributed by atoms with Crippen molar-refractivity contribution in [1.29, 1.82) is 0 Å². The molecule has 0 radical (unpaired) electrons. The summed E-state index contributed by atoms with van der Waals surface area (Å²) in [4.78, 5) is 11.1. The van der Waals surface area contributed by atoms with Gasteiger partial charge >= 0.3 is 5.97 Å². The van der Waals surface area contributed by atoms with Crippen molar-refractivity contribution in [3.8, 4) is 11.8 Å². The number of carboxylic acid groups (broad SMARTS) is 1. The van der Waals surface area contributed by atoms with Crippen LogP contribution < -0.4 is 0 Å². The molecule has 150 valence electrons. The monoisotopic (exact) mass is 382 g/mol. The fourth-order valence-electron chi connectivity index (χ4n) is 9.78. The summed E-state index contributed by atoms with van der Waals surface area (Å²) in [5, 5.41) is 21.0. The Morgan fingerprint density at radius 1 is 1.11 bits per heavy atom. The molecule has 7 fully saturated rings. The maximum absolute atomic E-state index is 11.9. The van der Waals surface area contributed by atoms with E-state index in [1.54, 1.807) is 0 Å². The van der Waals surface area contributed by atoms with Crippen LogP contribution in [0, 0.1) is 64.6 Å². The molecule has 6 saturated carbocycles. The first kappa shape index (κ1) is 16.7. The number of carboxylic acids is 1. The van der Waals surface area contributed by atoms with E-state index in [-0.39, 0.29) is 11.0 Å². The van der Waals surface area contributed by atoms with Gasteiger partial charge in [0.25, 0.3) is 0 Å². The largest absolute Gasteiger partial charge is 0.472 e. The van der Waals surface area contributed by atoms with Crippen LogP contribution >= 0.6 is 0 Å². The summed E-state index contributed by atoms with van der Waals surface area (Å²) in [6, 6.07) is 0. The summed E-state index contributed by atoms with van der Waals surface area (Å²) >= 11 is 0. The van der Waals surface area contributed by atoms with Gasteiger partial charge in [0.1, 0.15) is 5.60 Å². The molecular weight excluding hydrogens is 352 g/mol. The quantitative estimate of drug-likeness (QED) is 0.499. The molecule has 0 bridgehead atoms. The van der Waals surface area contributed by atoms with Crippen molar-refractivity contribution in [3.05, 3.63) is 0 Å². The smallest absolute Gasteiger partial charge is 0.382 e. The molecule has 4 unspecified atom stereocenters. The third kappa shape index (κ3) is 1.55. The van der Waals surface area contributed by atoms with Crippen LogP contribution in [-0.2, 0) is 9.53 Å². The molecule has 1 spiro atoms. The Labute approximate surface area is 166 Å². The van der Waals surface area contributed by atoms with Gasteiger partial charge < -0.3 is 14.9 Å². The number of aliphatic carboxylic acids is 1. The van der Waals surface area contributed by atoms with Gasteiger partial charge in [0.15, 0.2) is 5.60 Å². The highest BCUT2D eigenvalue weighted by molar-refractivity contribution is 5.87. The van der Waals surface area contributed by atoms with Crippen LogP contribution in [0.1, 0.15) is 58.8 Å². The molecule has 0 aromatic heterocycles. The minimum absolute atomic E-state index is 0.0424.